The number of carbonyl (C=O) groups excluding carboxylic acids is 1. The van der Waals surface area contributed by atoms with Crippen molar-refractivity contribution in [1.82, 2.24) is 0 Å². The second-order valence-electron chi connectivity index (χ2n) is 3.41. The standard InChI is InChI=1S/C10H10BrFN2O/c1-2-7-10(15)14-8-3-5(11)6(12)4-9(8)13-7/h3-4,7,13H,2H2,1H3,(H,14,15). The lowest BCUT2D eigenvalue weighted by molar-refractivity contribution is -0.117. The molecule has 0 aliphatic carbocycles. The number of hydrogen-bond donors (Lipinski definition) is 2. The minimum atomic E-state index is -0.341. The van der Waals surface area contributed by atoms with Gasteiger partial charge in [0.25, 0.3) is 0 Å². The fraction of sp³-hybridized carbons (Fsp3) is 0.300. The average Bonchev–Trinajstić information content (AvgIpc) is 2.20. The van der Waals surface area contributed by atoms with Crippen LogP contribution in [0.3, 0.4) is 0 Å². The number of rotatable bonds is 1. The van der Waals surface area contributed by atoms with Gasteiger partial charge in [0.15, 0.2) is 0 Å². The Balaban J connectivity index is 2.41. The third-order valence-corrected chi connectivity index (χ3v) is 2.98. The van der Waals surface area contributed by atoms with Crippen molar-refractivity contribution in [2.45, 2.75) is 19.4 Å². The Bertz CT molecular complexity index is 422. The lowest BCUT2D eigenvalue weighted by Gasteiger charge is -2.26. The molecular formula is C10H10BrFN2O. The topological polar surface area (TPSA) is 41.1 Å². The summed E-state index contributed by atoms with van der Waals surface area (Å²) in [4.78, 5) is 11.5. The SMILES string of the molecule is CCC1Nc2cc(F)c(Br)cc2NC1=O. The minimum Gasteiger partial charge on any atom is -0.372 e. The van der Waals surface area contributed by atoms with E-state index in [9.17, 15) is 9.18 Å². The van der Waals surface area contributed by atoms with Crippen LogP contribution in [0, 0.1) is 5.82 Å². The summed E-state index contributed by atoms with van der Waals surface area (Å²) >= 11 is 3.07. The molecule has 1 atom stereocenters. The fourth-order valence-corrected chi connectivity index (χ4v) is 1.87. The van der Waals surface area contributed by atoms with Crippen LogP contribution in [-0.4, -0.2) is 11.9 Å². The first-order valence-corrected chi connectivity index (χ1v) is 5.47. The summed E-state index contributed by atoms with van der Waals surface area (Å²) in [6.45, 7) is 1.90. The summed E-state index contributed by atoms with van der Waals surface area (Å²) in [6.07, 6.45) is 0.670. The fourth-order valence-electron chi connectivity index (χ4n) is 1.53. The van der Waals surface area contributed by atoms with Crippen molar-refractivity contribution in [2.75, 3.05) is 10.6 Å². The zero-order valence-electron chi connectivity index (χ0n) is 8.10. The van der Waals surface area contributed by atoms with Crippen molar-refractivity contribution in [3.8, 4) is 0 Å². The van der Waals surface area contributed by atoms with Crippen molar-refractivity contribution in [1.29, 1.82) is 0 Å². The number of benzene rings is 1. The molecule has 0 saturated heterocycles. The molecule has 2 rings (SSSR count). The second-order valence-corrected chi connectivity index (χ2v) is 4.26. The van der Waals surface area contributed by atoms with Crippen LogP contribution in [0.15, 0.2) is 16.6 Å². The molecule has 1 aliphatic heterocycles. The Kier molecular flexibility index (Phi) is 2.65. The van der Waals surface area contributed by atoms with E-state index in [0.29, 0.717) is 22.3 Å². The third-order valence-electron chi connectivity index (χ3n) is 2.37. The number of carbonyl (C=O) groups is 1. The van der Waals surface area contributed by atoms with E-state index in [0.717, 1.165) is 0 Å². The van der Waals surface area contributed by atoms with E-state index >= 15 is 0 Å². The first-order chi connectivity index (χ1) is 7.11. The Hall–Kier alpha value is -1.10. The predicted molar refractivity (Wildman–Crippen MR) is 60.4 cm³/mol. The average molecular weight is 273 g/mol. The van der Waals surface area contributed by atoms with Crippen LogP contribution in [0.5, 0.6) is 0 Å². The molecule has 3 nitrogen and oxygen atoms in total. The normalized spacial score (nSPS) is 19.1. The van der Waals surface area contributed by atoms with Gasteiger partial charge in [-0.05, 0) is 28.4 Å². The molecule has 0 fully saturated rings. The molecule has 1 aliphatic rings. The zero-order valence-corrected chi connectivity index (χ0v) is 9.69. The highest BCUT2D eigenvalue weighted by atomic mass is 79.9. The predicted octanol–water partition coefficient (Wildman–Crippen LogP) is 2.73. The summed E-state index contributed by atoms with van der Waals surface area (Å²) in [5, 5.41) is 5.72. The number of hydrogen-bond acceptors (Lipinski definition) is 2. The van der Waals surface area contributed by atoms with E-state index < -0.39 is 0 Å². The van der Waals surface area contributed by atoms with E-state index in [2.05, 4.69) is 26.6 Å². The van der Waals surface area contributed by atoms with Gasteiger partial charge in [-0.1, -0.05) is 6.92 Å². The molecule has 80 valence electrons. The summed E-state index contributed by atoms with van der Waals surface area (Å²) in [6, 6.07) is 2.65. The van der Waals surface area contributed by atoms with Gasteiger partial charge in [-0.2, -0.15) is 0 Å². The Labute approximate surface area is 95.2 Å². The monoisotopic (exact) mass is 272 g/mol. The van der Waals surface area contributed by atoms with E-state index in [1.165, 1.54) is 6.07 Å². The number of nitrogens with one attached hydrogen (secondary N) is 2. The van der Waals surface area contributed by atoms with E-state index in [1.807, 2.05) is 6.92 Å². The first-order valence-electron chi connectivity index (χ1n) is 4.68. The lowest BCUT2D eigenvalue weighted by atomic mass is 10.1. The molecule has 0 bridgehead atoms. The molecule has 0 aromatic heterocycles. The van der Waals surface area contributed by atoms with Crippen LogP contribution in [0.1, 0.15) is 13.3 Å². The molecule has 1 aromatic rings. The molecule has 5 heteroatoms. The Morgan fingerprint density at radius 3 is 2.87 bits per heavy atom. The molecule has 15 heavy (non-hydrogen) atoms. The van der Waals surface area contributed by atoms with Crippen LogP contribution in [0.25, 0.3) is 0 Å². The summed E-state index contributed by atoms with van der Waals surface area (Å²) < 4.78 is 13.6. The summed E-state index contributed by atoms with van der Waals surface area (Å²) in [5.41, 5.74) is 1.24. The van der Waals surface area contributed by atoms with E-state index in [4.69, 9.17) is 0 Å². The van der Waals surface area contributed by atoms with Crippen molar-refractivity contribution in [2.24, 2.45) is 0 Å². The smallest absolute Gasteiger partial charge is 0.246 e. The van der Waals surface area contributed by atoms with Gasteiger partial charge in [0.2, 0.25) is 5.91 Å². The van der Waals surface area contributed by atoms with Crippen molar-refractivity contribution in [3.05, 3.63) is 22.4 Å². The van der Waals surface area contributed by atoms with Gasteiger partial charge in [0.05, 0.1) is 15.8 Å². The van der Waals surface area contributed by atoms with Gasteiger partial charge < -0.3 is 10.6 Å². The molecular weight excluding hydrogens is 263 g/mol. The van der Waals surface area contributed by atoms with E-state index in [1.54, 1.807) is 6.07 Å². The molecule has 2 N–H and O–H groups in total. The Morgan fingerprint density at radius 1 is 1.47 bits per heavy atom. The molecule has 1 heterocycles. The molecule has 0 saturated carbocycles. The number of anilines is 2. The lowest BCUT2D eigenvalue weighted by Crippen LogP contribution is -2.38. The van der Waals surface area contributed by atoms with Crippen LogP contribution in [0.2, 0.25) is 0 Å². The largest absolute Gasteiger partial charge is 0.372 e. The summed E-state index contributed by atoms with van der Waals surface area (Å²) in [7, 11) is 0. The maximum Gasteiger partial charge on any atom is 0.246 e. The molecule has 1 amide bonds. The van der Waals surface area contributed by atoms with Crippen molar-refractivity contribution < 1.29 is 9.18 Å². The second kappa shape index (κ2) is 3.81. The maximum atomic E-state index is 13.2. The van der Waals surface area contributed by atoms with Crippen LogP contribution in [0.4, 0.5) is 15.8 Å². The quantitative estimate of drug-likeness (QED) is 0.826. The van der Waals surface area contributed by atoms with Crippen LogP contribution >= 0.6 is 15.9 Å². The first kappa shape index (κ1) is 10.4. The van der Waals surface area contributed by atoms with Crippen molar-refractivity contribution in [3.63, 3.8) is 0 Å². The van der Waals surface area contributed by atoms with Gasteiger partial charge in [-0.15, -0.1) is 0 Å². The van der Waals surface area contributed by atoms with Gasteiger partial charge in [-0.25, -0.2) is 4.39 Å². The molecule has 0 spiro atoms. The highest BCUT2D eigenvalue weighted by Gasteiger charge is 2.24. The number of amides is 1. The number of fused-ring (bicyclic) bond motifs is 1. The summed E-state index contributed by atoms with van der Waals surface area (Å²) in [5.74, 6) is -0.421. The molecule has 0 radical (unpaired) electrons. The van der Waals surface area contributed by atoms with Crippen LogP contribution < -0.4 is 10.6 Å². The molecule has 1 aromatic carbocycles. The van der Waals surface area contributed by atoms with Gasteiger partial charge >= 0.3 is 0 Å². The van der Waals surface area contributed by atoms with Crippen molar-refractivity contribution >= 4 is 33.2 Å². The Morgan fingerprint density at radius 2 is 2.20 bits per heavy atom. The third kappa shape index (κ3) is 1.84. The van der Waals surface area contributed by atoms with Gasteiger partial charge in [0, 0.05) is 6.07 Å². The minimum absolute atomic E-state index is 0.0801. The van der Waals surface area contributed by atoms with Gasteiger partial charge in [-0.3, -0.25) is 4.79 Å². The maximum absolute atomic E-state index is 13.2. The zero-order chi connectivity index (χ0) is 11.0. The highest BCUT2D eigenvalue weighted by Crippen LogP contribution is 2.32. The highest BCUT2D eigenvalue weighted by molar-refractivity contribution is 9.10. The number of halogens is 2. The van der Waals surface area contributed by atoms with Crippen LogP contribution in [-0.2, 0) is 4.79 Å². The molecule has 1 unspecified atom stereocenters. The van der Waals surface area contributed by atoms with E-state index in [-0.39, 0.29) is 17.8 Å². The van der Waals surface area contributed by atoms with Gasteiger partial charge in [0.1, 0.15) is 11.9 Å².